The van der Waals surface area contributed by atoms with E-state index in [1.54, 1.807) is 0 Å². The molecule has 84 valence electrons. The lowest BCUT2D eigenvalue weighted by Crippen LogP contribution is -2.41. The van der Waals surface area contributed by atoms with E-state index in [4.69, 9.17) is 0 Å². The highest BCUT2D eigenvalue weighted by Gasteiger charge is 2.21. The molecular weight excluding hydrogens is 365 g/mol. The third kappa shape index (κ3) is 4.04. The third-order valence-electron chi connectivity index (χ3n) is 2.69. The molecule has 0 saturated carbocycles. The summed E-state index contributed by atoms with van der Waals surface area (Å²) in [6, 6.07) is 8.71. The molecule has 1 aromatic rings. The van der Waals surface area contributed by atoms with Crippen molar-refractivity contribution in [2.24, 2.45) is 0 Å². The summed E-state index contributed by atoms with van der Waals surface area (Å²) < 4.78 is 1.29. The predicted octanol–water partition coefficient (Wildman–Crippen LogP) is 3.90. The molecule has 0 aliphatic rings. The first-order chi connectivity index (χ1) is 6.95. The van der Waals surface area contributed by atoms with Crippen LogP contribution >= 0.6 is 38.5 Å². The Morgan fingerprint density at radius 1 is 1.27 bits per heavy atom. The Hall–Kier alpha value is 0.390. The van der Waals surface area contributed by atoms with Crippen molar-refractivity contribution >= 4 is 38.5 Å². The molecule has 0 amide bonds. The fourth-order valence-corrected chi connectivity index (χ4v) is 1.97. The third-order valence-corrected chi connectivity index (χ3v) is 4.78. The van der Waals surface area contributed by atoms with Crippen LogP contribution in [0.5, 0.6) is 0 Å². The maximum Gasteiger partial charge on any atom is 0.0250 e. The number of hydrogen-bond acceptors (Lipinski definition) is 1. The molecule has 15 heavy (non-hydrogen) atoms. The molecule has 0 spiro atoms. The van der Waals surface area contributed by atoms with Crippen LogP contribution in [0.1, 0.15) is 19.4 Å². The summed E-state index contributed by atoms with van der Waals surface area (Å²) in [5, 5.41) is 0.987. The van der Waals surface area contributed by atoms with Gasteiger partial charge in [-0.25, -0.2) is 0 Å². The Morgan fingerprint density at radius 2 is 1.80 bits per heavy atom. The fourth-order valence-electron chi connectivity index (χ4n) is 1.18. The Bertz CT molecular complexity index is 308. The van der Waals surface area contributed by atoms with Gasteiger partial charge in [0.2, 0.25) is 0 Å². The highest BCUT2D eigenvalue weighted by molar-refractivity contribution is 14.1. The first kappa shape index (κ1) is 13.5. The van der Waals surface area contributed by atoms with E-state index >= 15 is 0 Å². The van der Waals surface area contributed by atoms with Crippen molar-refractivity contribution in [3.8, 4) is 0 Å². The van der Waals surface area contributed by atoms with Crippen molar-refractivity contribution in [3.63, 3.8) is 0 Å². The van der Waals surface area contributed by atoms with Gasteiger partial charge in [0.15, 0.2) is 0 Å². The number of rotatable bonds is 4. The van der Waals surface area contributed by atoms with Crippen molar-refractivity contribution in [2.45, 2.75) is 25.9 Å². The van der Waals surface area contributed by atoms with E-state index in [2.05, 4.69) is 88.6 Å². The molecule has 0 heterocycles. The molecule has 0 aromatic heterocycles. The van der Waals surface area contributed by atoms with Gasteiger partial charge in [-0.2, -0.15) is 0 Å². The van der Waals surface area contributed by atoms with E-state index in [9.17, 15) is 0 Å². The minimum Gasteiger partial charge on any atom is -0.296 e. The largest absolute Gasteiger partial charge is 0.296 e. The number of benzene rings is 1. The monoisotopic (exact) mass is 381 g/mol. The molecule has 1 nitrogen and oxygen atoms in total. The molecule has 0 aliphatic heterocycles. The molecule has 0 saturated heterocycles. The van der Waals surface area contributed by atoms with Gasteiger partial charge >= 0.3 is 0 Å². The molecular formula is C12H17BrIN. The van der Waals surface area contributed by atoms with Crippen molar-refractivity contribution in [1.82, 2.24) is 4.90 Å². The van der Waals surface area contributed by atoms with E-state index in [1.165, 1.54) is 9.13 Å². The SMILES string of the molecule is CN(Cc1ccc(I)cc1)C(C)(C)CBr. The topological polar surface area (TPSA) is 3.24 Å². The van der Waals surface area contributed by atoms with Crippen LogP contribution in [0.25, 0.3) is 0 Å². The predicted molar refractivity (Wildman–Crippen MR) is 78.5 cm³/mol. The summed E-state index contributed by atoms with van der Waals surface area (Å²) in [6.45, 7) is 5.48. The molecule has 1 rings (SSSR count). The standard InChI is InChI=1S/C12H17BrIN/c1-12(2,9-13)15(3)8-10-4-6-11(14)7-5-10/h4-7H,8-9H2,1-3H3. The summed E-state index contributed by atoms with van der Waals surface area (Å²) in [5.74, 6) is 0. The van der Waals surface area contributed by atoms with Crippen molar-refractivity contribution in [3.05, 3.63) is 33.4 Å². The van der Waals surface area contributed by atoms with Crippen molar-refractivity contribution in [1.29, 1.82) is 0 Å². The zero-order chi connectivity index (χ0) is 11.5. The molecule has 3 heteroatoms. The Labute approximate surface area is 115 Å². The van der Waals surface area contributed by atoms with E-state index in [-0.39, 0.29) is 5.54 Å². The highest BCUT2D eigenvalue weighted by Crippen LogP contribution is 2.18. The number of alkyl halides is 1. The summed E-state index contributed by atoms with van der Waals surface area (Å²) in [6.07, 6.45) is 0. The number of hydrogen-bond donors (Lipinski definition) is 0. The summed E-state index contributed by atoms with van der Waals surface area (Å²) in [7, 11) is 2.17. The van der Waals surface area contributed by atoms with E-state index in [0.717, 1.165) is 11.9 Å². The zero-order valence-electron chi connectivity index (χ0n) is 9.43. The summed E-state index contributed by atoms with van der Waals surface area (Å²) in [4.78, 5) is 2.37. The maximum atomic E-state index is 3.55. The van der Waals surface area contributed by atoms with Gasteiger partial charge in [0.25, 0.3) is 0 Å². The van der Waals surface area contributed by atoms with Crippen LogP contribution in [-0.2, 0) is 6.54 Å². The Morgan fingerprint density at radius 3 is 2.27 bits per heavy atom. The minimum atomic E-state index is 0.197. The van der Waals surface area contributed by atoms with Crippen LogP contribution in [-0.4, -0.2) is 22.8 Å². The second-order valence-electron chi connectivity index (χ2n) is 4.43. The average molecular weight is 382 g/mol. The van der Waals surface area contributed by atoms with E-state index in [0.29, 0.717) is 0 Å². The van der Waals surface area contributed by atoms with Gasteiger partial charge in [-0.05, 0) is 61.2 Å². The number of halogens is 2. The lowest BCUT2D eigenvalue weighted by Gasteiger charge is -2.34. The average Bonchev–Trinajstić information content (AvgIpc) is 2.21. The lowest BCUT2D eigenvalue weighted by atomic mass is 10.1. The van der Waals surface area contributed by atoms with Gasteiger partial charge < -0.3 is 0 Å². The molecule has 0 bridgehead atoms. The van der Waals surface area contributed by atoms with E-state index in [1.807, 2.05) is 0 Å². The zero-order valence-corrected chi connectivity index (χ0v) is 13.2. The van der Waals surface area contributed by atoms with Crippen molar-refractivity contribution in [2.75, 3.05) is 12.4 Å². The Balaban J connectivity index is 2.66. The van der Waals surface area contributed by atoms with Gasteiger partial charge in [0.05, 0.1) is 0 Å². The molecule has 0 fully saturated rings. The Kier molecular flexibility index (Phi) is 5.06. The van der Waals surface area contributed by atoms with Crippen LogP contribution in [0.15, 0.2) is 24.3 Å². The lowest BCUT2D eigenvalue weighted by molar-refractivity contribution is 0.173. The molecule has 0 radical (unpaired) electrons. The van der Waals surface area contributed by atoms with Gasteiger partial charge in [-0.1, -0.05) is 28.1 Å². The quantitative estimate of drug-likeness (QED) is 0.564. The first-order valence-electron chi connectivity index (χ1n) is 4.97. The molecule has 0 N–H and O–H groups in total. The van der Waals surface area contributed by atoms with Gasteiger partial charge in [0.1, 0.15) is 0 Å². The fraction of sp³-hybridized carbons (Fsp3) is 0.500. The molecule has 0 atom stereocenters. The van der Waals surface area contributed by atoms with Crippen LogP contribution in [0.3, 0.4) is 0 Å². The van der Waals surface area contributed by atoms with Crippen LogP contribution in [0, 0.1) is 3.57 Å². The van der Waals surface area contributed by atoms with E-state index < -0.39 is 0 Å². The molecule has 0 aliphatic carbocycles. The van der Waals surface area contributed by atoms with Gasteiger partial charge in [0, 0.05) is 21.0 Å². The van der Waals surface area contributed by atoms with Crippen LogP contribution < -0.4 is 0 Å². The van der Waals surface area contributed by atoms with Crippen molar-refractivity contribution < 1.29 is 0 Å². The van der Waals surface area contributed by atoms with Gasteiger partial charge in [-0.3, -0.25) is 4.90 Å². The number of nitrogens with zero attached hydrogens (tertiary/aromatic N) is 1. The minimum absolute atomic E-state index is 0.197. The highest BCUT2D eigenvalue weighted by atomic mass is 127. The normalized spacial score (nSPS) is 12.1. The first-order valence-corrected chi connectivity index (χ1v) is 7.17. The van der Waals surface area contributed by atoms with Crippen LogP contribution in [0.2, 0.25) is 0 Å². The smallest absolute Gasteiger partial charge is 0.0250 e. The maximum absolute atomic E-state index is 3.55. The second-order valence-corrected chi connectivity index (χ2v) is 6.23. The molecule has 1 aromatic carbocycles. The molecule has 0 unspecified atom stereocenters. The van der Waals surface area contributed by atoms with Gasteiger partial charge in [-0.15, -0.1) is 0 Å². The summed E-state index contributed by atoms with van der Waals surface area (Å²) in [5.41, 5.74) is 1.56. The second kappa shape index (κ2) is 5.64. The van der Waals surface area contributed by atoms with Crippen LogP contribution in [0.4, 0.5) is 0 Å². The summed E-state index contributed by atoms with van der Waals surface area (Å²) >= 11 is 5.89.